The van der Waals surface area contributed by atoms with E-state index in [4.69, 9.17) is 14.2 Å². The number of phenols is 5. The van der Waals surface area contributed by atoms with E-state index in [9.17, 15) is 46.0 Å². The van der Waals surface area contributed by atoms with Crippen molar-refractivity contribution in [1.82, 2.24) is 0 Å². The van der Waals surface area contributed by atoms with E-state index in [1.165, 1.54) is 6.92 Å². The van der Waals surface area contributed by atoms with Gasteiger partial charge in [-0.3, -0.25) is 0 Å². The Hall–Kier alpha value is -3.00. The van der Waals surface area contributed by atoms with Crippen LogP contribution in [0, 0.1) is 0 Å². The lowest BCUT2D eigenvalue weighted by Gasteiger charge is -2.43. The van der Waals surface area contributed by atoms with Gasteiger partial charge in [-0.25, -0.2) is 0 Å². The van der Waals surface area contributed by atoms with Crippen molar-refractivity contribution in [3.8, 4) is 34.5 Å². The summed E-state index contributed by atoms with van der Waals surface area (Å²) in [5.74, 6) is -3.22. The zero-order chi connectivity index (χ0) is 24.2. The molecule has 0 spiro atoms. The van der Waals surface area contributed by atoms with Crippen LogP contribution in [-0.4, -0.2) is 82.8 Å². The van der Waals surface area contributed by atoms with Crippen molar-refractivity contribution in [3.63, 3.8) is 0 Å². The van der Waals surface area contributed by atoms with Crippen molar-refractivity contribution < 1.29 is 60.2 Å². The molecule has 33 heavy (non-hydrogen) atoms. The third-order valence-electron chi connectivity index (χ3n) is 5.78. The van der Waals surface area contributed by atoms with Crippen molar-refractivity contribution in [2.45, 2.75) is 55.9 Å². The van der Waals surface area contributed by atoms with Crippen molar-refractivity contribution in [3.05, 3.63) is 35.4 Å². The van der Waals surface area contributed by atoms with Crippen LogP contribution >= 0.6 is 0 Å². The van der Waals surface area contributed by atoms with Gasteiger partial charge in [-0.1, -0.05) is 0 Å². The zero-order valence-corrected chi connectivity index (χ0v) is 17.2. The summed E-state index contributed by atoms with van der Waals surface area (Å²) in [6.45, 7) is 1.43. The summed E-state index contributed by atoms with van der Waals surface area (Å²) in [7, 11) is 0. The maximum absolute atomic E-state index is 11.0. The van der Waals surface area contributed by atoms with E-state index < -0.39 is 72.0 Å². The molecule has 8 atom stereocenters. The zero-order valence-electron chi connectivity index (χ0n) is 17.2. The molecule has 4 rings (SSSR count). The number of rotatable bonds is 3. The van der Waals surface area contributed by atoms with Crippen LogP contribution in [0.2, 0.25) is 0 Å². The third kappa shape index (κ3) is 3.97. The highest BCUT2D eigenvalue weighted by molar-refractivity contribution is 5.55. The van der Waals surface area contributed by atoms with Gasteiger partial charge in [0, 0.05) is 17.7 Å². The fourth-order valence-electron chi connectivity index (χ4n) is 4.00. The number of hydrogen-bond acceptors (Lipinski definition) is 12. The molecule has 2 aromatic rings. The number of phenolic OH excluding ortho intramolecular Hbond substituents is 5. The fraction of sp³-hybridized carbons (Fsp3) is 0.429. The van der Waals surface area contributed by atoms with E-state index in [2.05, 4.69) is 0 Å². The first kappa shape index (κ1) is 23.2. The Bertz CT molecular complexity index is 1020. The predicted molar refractivity (Wildman–Crippen MR) is 107 cm³/mol. The van der Waals surface area contributed by atoms with Crippen LogP contribution in [0.3, 0.4) is 0 Å². The lowest BCUT2D eigenvalue weighted by molar-refractivity contribution is -0.319. The van der Waals surface area contributed by atoms with Gasteiger partial charge in [0.2, 0.25) is 0 Å². The summed E-state index contributed by atoms with van der Waals surface area (Å²) < 4.78 is 17.0. The highest BCUT2D eigenvalue weighted by Gasteiger charge is 2.48. The molecule has 1 saturated heterocycles. The van der Waals surface area contributed by atoms with E-state index in [0.717, 1.165) is 24.3 Å². The summed E-state index contributed by atoms with van der Waals surface area (Å²) in [6, 6.07) is 4.16. The van der Waals surface area contributed by atoms with Gasteiger partial charge in [0.25, 0.3) is 0 Å². The third-order valence-corrected chi connectivity index (χ3v) is 5.78. The molecular formula is C21H24O12. The maximum atomic E-state index is 11.0. The number of ether oxygens (including phenoxy) is 3. The van der Waals surface area contributed by atoms with Crippen LogP contribution in [0.5, 0.6) is 34.5 Å². The normalized spacial score (nSPS) is 33.8. The standard InChI is InChI=1S/C21H24O12/c1-6-14(26)17(29)18(30)21(31-6)33-20-16(28)13-9(23)4-8(22)5-12(13)32-19(20)7-2-10(24)15(27)11(25)3-7/h2-6,14,16-30H,1H3/t6-,14-,16?,17+,18+,19?,20?,21-/m0/s1. The number of benzene rings is 2. The molecule has 2 aliphatic rings. The highest BCUT2D eigenvalue weighted by atomic mass is 16.7. The SMILES string of the molecule is C[C@@H]1O[C@@H](OC2C(O)c3c(O)cc(O)cc3OC2c2cc(O)c(O)c(O)c2)[C@H](O)[C@H](O)[C@H]1O. The molecule has 0 saturated carbocycles. The first-order valence-corrected chi connectivity index (χ1v) is 10.00. The van der Waals surface area contributed by atoms with Crippen molar-refractivity contribution in [1.29, 1.82) is 0 Å². The molecule has 0 aliphatic carbocycles. The Morgan fingerprint density at radius 2 is 1.42 bits per heavy atom. The van der Waals surface area contributed by atoms with Crippen LogP contribution in [-0.2, 0) is 9.47 Å². The van der Waals surface area contributed by atoms with E-state index in [1.54, 1.807) is 0 Å². The van der Waals surface area contributed by atoms with Crippen molar-refractivity contribution >= 4 is 0 Å². The second-order valence-electron chi connectivity index (χ2n) is 8.05. The fourth-order valence-corrected chi connectivity index (χ4v) is 4.00. The van der Waals surface area contributed by atoms with Gasteiger partial charge in [0.1, 0.15) is 47.8 Å². The van der Waals surface area contributed by atoms with E-state index in [1.807, 2.05) is 0 Å². The van der Waals surface area contributed by atoms with Gasteiger partial charge >= 0.3 is 0 Å². The Balaban J connectivity index is 1.77. The van der Waals surface area contributed by atoms with E-state index in [0.29, 0.717) is 0 Å². The minimum atomic E-state index is -1.72. The molecule has 3 unspecified atom stereocenters. The Labute approximate surface area is 186 Å². The molecule has 12 nitrogen and oxygen atoms in total. The van der Waals surface area contributed by atoms with Crippen LogP contribution in [0.25, 0.3) is 0 Å². The van der Waals surface area contributed by atoms with Gasteiger partial charge in [-0.05, 0) is 19.1 Å². The van der Waals surface area contributed by atoms with Crippen LogP contribution < -0.4 is 4.74 Å². The summed E-state index contributed by atoms with van der Waals surface area (Å²) in [6.07, 6.45) is -11.7. The number of hydrogen-bond donors (Lipinski definition) is 9. The number of aliphatic hydroxyl groups excluding tert-OH is 4. The monoisotopic (exact) mass is 468 g/mol. The molecule has 0 radical (unpaired) electrons. The number of fused-ring (bicyclic) bond motifs is 1. The number of aromatic hydroxyl groups is 5. The predicted octanol–water partition coefficient (Wildman–Crippen LogP) is -0.406. The molecular weight excluding hydrogens is 444 g/mol. The second kappa shape index (κ2) is 8.41. The lowest BCUT2D eigenvalue weighted by Crippen LogP contribution is -2.58. The molecule has 1 fully saturated rings. The molecule has 0 aromatic heterocycles. The molecule has 0 bridgehead atoms. The van der Waals surface area contributed by atoms with Crippen LogP contribution in [0.15, 0.2) is 24.3 Å². The van der Waals surface area contributed by atoms with Gasteiger partial charge in [0.15, 0.2) is 29.6 Å². The van der Waals surface area contributed by atoms with Crippen molar-refractivity contribution in [2.75, 3.05) is 0 Å². The largest absolute Gasteiger partial charge is 0.508 e. The Morgan fingerprint density at radius 1 is 0.788 bits per heavy atom. The summed E-state index contributed by atoms with van der Waals surface area (Å²) in [4.78, 5) is 0. The first-order chi connectivity index (χ1) is 15.5. The van der Waals surface area contributed by atoms with Crippen molar-refractivity contribution in [2.24, 2.45) is 0 Å². The molecule has 0 amide bonds. The average Bonchev–Trinajstić information content (AvgIpc) is 2.74. The lowest BCUT2D eigenvalue weighted by atomic mass is 9.90. The molecule has 180 valence electrons. The van der Waals surface area contributed by atoms with Gasteiger partial charge in [-0.2, -0.15) is 0 Å². The first-order valence-electron chi connectivity index (χ1n) is 10.00. The topological polar surface area (TPSA) is 210 Å². The minimum absolute atomic E-state index is 0.0132. The summed E-state index contributed by atoms with van der Waals surface area (Å²) in [5.41, 5.74) is -0.139. The van der Waals surface area contributed by atoms with Gasteiger partial charge in [0.05, 0.1) is 11.7 Å². The quantitative estimate of drug-likeness (QED) is 0.263. The molecule has 2 aromatic carbocycles. The van der Waals surface area contributed by atoms with E-state index in [-0.39, 0.29) is 22.6 Å². The smallest absolute Gasteiger partial charge is 0.200 e. The van der Waals surface area contributed by atoms with Gasteiger partial charge < -0.3 is 60.2 Å². The second-order valence-corrected chi connectivity index (χ2v) is 8.05. The Kier molecular flexibility index (Phi) is 5.90. The summed E-state index contributed by atoms with van der Waals surface area (Å²) in [5, 5.41) is 91.0. The molecule has 2 heterocycles. The Morgan fingerprint density at radius 3 is 2.06 bits per heavy atom. The molecule has 9 N–H and O–H groups in total. The molecule has 2 aliphatic heterocycles. The summed E-state index contributed by atoms with van der Waals surface area (Å²) >= 11 is 0. The highest BCUT2D eigenvalue weighted by Crippen LogP contribution is 2.50. The number of aliphatic hydroxyl groups is 4. The maximum Gasteiger partial charge on any atom is 0.200 e. The van der Waals surface area contributed by atoms with E-state index >= 15 is 0 Å². The molecule has 12 heteroatoms. The van der Waals surface area contributed by atoms with Crippen LogP contribution in [0.4, 0.5) is 0 Å². The average molecular weight is 468 g/mol. The minimum Gasteiger partial charge on any atom is -0.508 e. The van der Waals surface area contributed by atoms with Crippen LogP contribution in [0.1, 0.15) is 30.3 Å². The van der Waals surface area contributed by atoms with Gasteiger partial charge in [-0.15, -0.1) is 0 Å².